The second kappa shape index (κ2) is 12.3. The van der Waals surface area contributed by atoms with Gasteiger partial charge in [-0.2, -0.15) is 0 Å². The zero-order chi connectivity index (χ0) is 29.9. The molecule has 0 spiro atoms. The van der Waals surface area contributed by atoms with Gasteiger partial charge in [0.2, 0.25) is 0 Å². The Labute approximate surface area is 253 Å². The van der Waals surface area contributed by atoms with Crippen LogP contribution in [0, 0.1) is 5.92 Å². The molecule has 0 radical (unpaired) electrons. The van der Waals surface area contributed by atoms with Crippen molar-refractivity contribution in [2.24, 2.45) is 5.92 Å². The van der Waals surface area contributed by atoms with Crippen LogP contribution in [0.4, 0.5) is 0 Å². The first-order valence-corrected chi connectivity index (χ1v) is 15.2. The van der Waals surface area contributed by atoms with E-state index in [1.165, 1.54) is 37.7 Å². The van der Waals surface area contributed by atoms with Gasteiger partial charge in [-0.3, -0.25) is 0 Å². The predicted octanol–water partition coefficient (Wildman–Crippen LogP) is 9.71. The van der Waals surface area contributed by atoms with Gasteiger partial charge in [0.05, 0.1) is 0 Å². The maximum Gasteiger partial charge on any atom is 0.119 e. The molecule has 43 heavy (non-hydrogen) atoms. The molecule has 5 aromatic rings. The monoisotopic (exact) mass is 570 g/mol. The molecule has 0 heterocycles. The molecule has 1 fully saturated rings. The molecule has 0 aromatic heterocycles. The third kappa shape index (κ3) is 6.10. The first-order chi connectivity index (χ1) is 20.9. The largest absolute Gasteiger partial charge is 0.508 e. The first kappa shape index (κ1) is 28.4. The summed E-state index contributed by atoms with van der Waals surface area (Å²) in [4.78, 5) is 0. The summed E-state index contributed by atoms with van der Waals surface area (Å²) in [6, 6.07) is 33.8. The topological polar surface area (TPSA) is 80.9 Å². The van der Waals surface area contributed by atoms with Gasteiger partial charge >= 0.3 is 0 Å². The fourth-order valence-electron chi connectivity index (χ4n) is 6.63. The summed E-state index contributed by atoms with van der Waals surface area (Å²) in [5.74, 6) is 1.63. The first-order valence-electron chi connectivity index (χ1n) is 15.2. The van der Waals surface area contributed by atoms with E-state index in [0.29, 0.717) is 17.0 Å². The van der Waals surface area contributed by atoms with Gasteiger partial charge in [-0.15, -0.1) is 0 Å². The predicted molar refractivity (Wildman–Crippen MR) is 173 cm³/mol. The summed E-state index contributed by atoms with van der Waals surface area (Å²) in [6.07, 6.45) is 6.24. The van der Waals surface area contributed by atoms with Crippen molar-refractivity contribution in [2.75, 3.05) is 0 Å². The molecule has 0 saturated heterocycles. The smallest absolute Gasteiger partial charge is 0.119 e. The van der Waals surface area contributed by atoms with Crippen molar-refractivity contribution in [3.8, 4) is 45.3 Å². The number of hydrogen-bond donors (Lipinski definition) is 4. The van der Waals surface area contributed by atoms with Gasteiger partial charge in [-0.05, 0) is 119 Å². The Bertz CT molecular complexity index is 1590. The average Bonchev–Trinajstić information content (AvgIpc) is 3.04. The van der Waals surface area contributed by atoms with E-state index in [-0.39, 0.29) is 23.0 Å². The van der Waals surface area contributed by atoms with Gasteiger partial charge < -0.3 is 20.4 Å². The standard InChI is InChI=1S/C39H38O4/c1-2-25-3-5-26(6-4-25)27-7-9-30(10-8-27)39(35-23-31(15-21-37(35)42)28-11-17-33(40)18-12-28)36-24-32(16-22-38(36)43)29-13-19-34(41)20-14-29/h7-26,39-43H,2-6H2,1H3. The molecule has 1 saturated carbocycles. The molecule has 4 N–H and O–H groups in total. The minimum absolute atomic E-state index is 0.143. The SMILES string of the molecule is CCC1CCC(c2ccc(C(c3cc(-c4ccc(O)cc4)ccc3O)c3cc(-c4ccc(O)cc4)ccc3O)cc2)CC1. The zero-order valence-corrected chi connectivity index (χ0v) is 24.4. The number of phenols is 4. The third-order valence-electron chi connectivity index (χ3n) is 9.24. The Balaban J connectivity index is 1.45. The number of hydrogen-bond acceptors (Lipinski definition) is 4. The highest BCUT2D eigenvalue weighted by atomic mass is 16.3. The molecule has 5 aromatic carbocycles. The second-order valence-electron chi connectivity index (χ2n) is 11.9. The molecule has 1 aliphatic carbocycles. The van der Waals surface area contributed by atoms with E-state index in [1.54, 1.807) is 36.4 Å². The van der Waals surface area contributed by atoms with Crippen molar-refractivity contribution < 1.29 is 20.4 Å². The Morgan fingerprint density at radius 1 is 0.535 bits per heavy atom. The van der Waals surface area contributed by atoms with Gasteiger partial charge in [-0.1, -0.05) is 74.0 Å². The minimum atomic E-state index is -0.445. The van der Waals surface area contributed by atoms with Crippen LogP contribution in [0.15, 0.2) is 109 Å². The number of benzene rings is 5. The lowest BCUT2D eigenvalue weighted by atomic mass is 9.77. The van der Waals surface area contributed by atoms with Crippen molar-refractivity contribution in [2.45, 2.75) is 50.9 Å². The maximum atomic E-state index is 11.3. The Kier molecular flexibility index (Phi) is 8.11. The summed E-state index contributed by atoms with van der Waals surface area (Å²) in [5.41, 5.74) is 7.31. The van der Waals surface area contributed by atoms with Crippen molar-refractivity contribution in [3.05, 3.63) is 131 Å². The van der Waals surface area contributed by atoms with Crippen LogP contribution in [0.25, 0.3) is 22.3 Å². The number of rotatable bonds is 7. The maximum absolute atomic E-state index is 11.3. The molecule has 6 rings (SSSR count). The summed E-state index contributed by atoms with van der Waals surface area (Å²) < 4.78 is 0. The normalized spacial score (nSPS) is 16.8. The van der Waals surface area contributed by atoms with Crippen molar-refractivity contribution in [1.82, 2.24) is 0 Å². The van der Waals surface area contributed by atoms with Crippen LogP contribution in [0.3, 0.4) is 0 Å². The number of aromatic hydroxyl groups is 4. The van der Waals surface area contributed by atoms with Gasteiger partial charge in [-0.25, -0.2) is 0 Å². The van der Waals surface area contributed by atoms with Crippen LogP contribution < -0.4 is 0 Å². The molecular formula is C39H38O4. The average molecular weight is 571 g/mol. The summed E-state index contributed by atoms with van der Waals surface area (Å²) in [5, 5.41) is 42.2. The summed E-state index contributed by atoms with van der Waals surface area (Å²) in [6.45, 7) is 2.29. The lowest BCUT2D eigenvalue weighted by Crippen LogP contribution is -2.13. The van der Waals surface area contributed by atoms with Crippen LogP contribution in [0.2, 0.25) is 0 Å². The molecule has 0 aliphatic heterocycles. The summed E-state index contributed by atoms with van der Waals surface area (Å²) in [7, 11) is 0. The highest BCUT2D eigenvalue weighted by molar-refractivity contribution is 5.71. The van der Waals surface area contributed by atoms with Crippen LogP contribution in [0.1, 0.15) is 73.1 Å². The van der Waals surface area contributed by atoms with Crippen LogP contribution in [-0.2, 0) is 0 Å². The molecule has 4 heteroatoms. The molecule has 0 unspecified atom stereocenters. The van der Waals surface area contributed by atoms with Gasteiger partial charge in [0.15, 0.2) is 0 Å². The van der Waals surface area contributed by atoms with Crippen molar-refractivity contribution in [1.29, 1.82) is 0 Å². The van der Waals surface area contributed by atoms with E-state index in [0.717, 1.165) is 33.7 Å². The van der Waals surface area contributed by atoms with E-state index in [2.05, 4.69) is 31.2 Å². The molecule has 4 nitrogen and oxygen atoms in total. The van der Waals surface area contributed by atoms with E-state index >= 15 is 0 Å². The molecule has 1 aliphatic rings. The lowest BCUT2D eigenvalue weighted by molar-refractivity contribution is 0.319. The van der Waals surface area contributed by atoms with Gasteiger partial charge in [0, 0.05) is 17.0 Å². The van der Waals surface area contributed by atoms with E-state index in [9.17, 15) is 20.4 Å². The molecule has 0 amide bonds. The molecule has 218 valence electrons. The van der Waals surface area contributed by atoms with Crippen molar-refractivity contribution in [3.63, 3.8) is 0 Å². The zero-order valence-electron chi connectivity index (χ0n) is 24.4. The summed E-state index contributed by atoms with van der Waals surface area (Å²) >= 11 is 0. The van der Waals surface area contributed by atoms with Crippen LogP contribution in [-0.4, -0.2) is 20.4 Å². The fourth-order valence-corrected chi connectivity index (χ4v) is 6.63. The van der Waals surface area contributed by atoms with Gasteiger partial charge in [0.25, 0.3) is 0 Å². The van der Waals surface area contributed by atoms with E-state index in [4.69, 9.17) is 0 Å². The second-order valence-corrected chi connectivity index (χ2v) is 11.9. The third-order valence-corrected chi connectivity index (χ3v) is 9.24. The quantitative estimate of drug-likeness (QED) is 0.147. The van der Waals surface area contributed by atoms with E-state index in [1.807, 2.05) is 48.5 Å². The van der Waals surface area contributed by atoms with Crippen molar-refractivity contribution >= 4 is 0 Å². The van der Waals surface area contributed by atoms with Gasteiger partial charge in [0.1, 0.15) is 23.0 Å². The minimum Gasteiger partial charge on any atom is -0.508 e. The number of phenolic OH excluding ortho intramolecular Hbond substituents is 4. The molecular weight excluding hydrogens is 532 g/mol. The Morgan fingerprint density at radius 2 is 0.977 bits per heavy atom. The lowest BCUT2D eigenvalue weighted by Gasteiger charge is -2.28. The fraction of sp³-hybridized carbons (Fsp3) is 0.231. The molecule has 0 atom stereocenters. The highest BCUT2D eigenvalue weighted by Crippen LogP contribution is 2.44. The Morgan fingerprint density at radius 3 is 1.42 bits per heavy atom. The highest BCUT2D eigenvalue weighted by Gasteiger charge is 2.26. The molecule has 0 bridgehead atoms. The van der Waals surface area contributed by atoms with Crippen LogP contribution in [0.5, 0.6) is 23.0 Å². The van der Waals surface area contributed by atoms with Crippen LogP contribution >= 0.6 is 0 Å². The Hall–Kier alpha value is -4.70. The van der Waals surface area contributed by atoms with E-state index < -0.39 is 5.92 Å².